The minimum atomic E-state index is -3.78. The standard InChI is InChI=1S/C24H50N2O6S2/c27-33(28,29)23-15-11-7-3-1-5-9-13-17-25-19-21-26(22-20-25)18-14-10-6-2-4-8-12-16-24-34(30,31)32/h1-24H2,(H,27,28,29)(H,30,31,32). The summed E-state index contributed by atoms with van der Waals surface area (Å²) in [6.07, 6.45) is 17.3. The summed E-state index contributed by atoms with van der Waals surface area (Å²) in [6.45, 7) is 7.11. The third-order valence-corrected chi connectivity index (χ3v) is 8.33. The topological polar surface area (TPSA) is 115 Å². The summed E-state index contributed by atoms with van der Waals surface area (Å²) in [5.41, 5.74) is 0. The van der Waals surface area contributed by atoms with Gasteiger partial charge in [0, 0.05) is 26.2 Å². The molecule has 1 aliphatic heterocycles. The van der Waals surface area contributed by atoms with Gasteiger partial charge in [-0.2, -0.15) is 16.8 Å². The third-order valence-electron chi connectivity index (χ3n) is 6.72. The Bertz CT molecular complexity index is 632. The van der Waals surface area contributed by atoms with E-state index >= 15 is 0 Å². The smallest absolute Gasteiger partial charge is 0.264 e. The van der Waals surface area contributed by atoms with Gasteiger partial charge < -0.3 is 9.80 Å². The van der Waals surface area contributed by atoms with Gasteiger partial charge in [0.05, 0.1) is 11.5 Å². The van der Waals surface area contributed by atoms with Crippen LogP contribution in [-0.4, -0.2) is 86.5 Å². The van der Waals surface area contributed by atoms with Crippen molar-refractivity contribution in [3.05, 3.63) is 0 Å². The molecule has 0 saturated carbocycles. The second-order valence-corrected chi connectivity index (χ2v) is 13.1. The van der Waals surface area contributed by atoms with Gasteiger partial charge in [0.15, 0.2) is 0 Å². The van der Waals surface area contributed by atoms with Gasteiger partial charge in [0.1, 0.15) is 0 Å². The fourth-order valence-corrected chi connectivity index (χ4v) is 5.74. The average molecular weight is 527 g/mol. The van der Waals surface area contributed by atoms with Gasteiger partial charge in [-0.15, -0.1) is 0 Å². The van der Waals surface area contributed by atoms with Crippen LogP contribution in [0.3, 0.4) is 0 Å². The van der Waals surface area contributed by atoms with Crippen LogP contribution < -0.4 is 0 Å². The second kappa shape index (κ2) is 18.9. The lowest BCUT2D eigenvalue weighted by molar-refractivity contribution is 0.129. The zero-order chi connectivity index (χ0) is 25.1. The van der Waals surface area contributed by atoms with E-state index in [0.29, 0.717) is 12.8 Å². The van der Waals surface area contributed by atoms with E-state index in [-0.39, 0.29) is 11.5 Å². The van der Waals surface area contributed by atoms with Gasteiger partial charge >= 0.3 is 0 Å². The van der Waals surface area contributed by atoms with Crippen LogP contribution in [0.15, 0.2) is 0 Å². The minimum absolute atomic E-state index is 0.105. The first-order valence-electron chi connectivity index (χ1n) is 13.5. The minimum Gasteiger partial charge on any atom is -0.301 e. The van der Waals surface area contributed by atoms with Gasteiger partial charge in [-0.25, -0.2) is 0 Å². The molecule has 10 heteroatoms. The molecule has 34 heavy (non-hydrogen) atoms. The van der Waals surface area contributed by atoms with Crippen molar-refractivity contribution in [1.82, 2.24) is 9.80 Å². The maximum absolute atomic E-state index is 10.7. The number of unbranched alkanes of at least 4 members (excludes halogenated alkanes) is 14. The molecular weight excluding hydrogens is 476 g/mol. The van der Waals surface area contributed by atoms with Crippen molar-refractivity contribution in [2.75, 3.05) is 50.8 Å². The molecule has 2 N–H and O–H groups in total. The highest BCUT2D eigenvalue weighted by Gasteiger charge is 2.15. The first kappa shape index (κ1) is 31.8. The first-order valence-corrected chi connectivity index (χ1v) is 16.7. The van der Waals surface area contributed by atoms with Gasteiger partial charge in [0.2, 0.25) is 0 Å². The van der Waals surface area contributed by atoms with Gasteiger partial charge in [-0.3, -0.25) is 9.11 Å². The predicted octanol–water partition coefficient (Wildman–Crippen LogP) is 4.62. The van der Waals surface area contributed by atoms with Crippen LogP contribution in [0.5, 0.6) is 0 Å². The van der Waals surface area contributed by atoms with E-state index in [2.05, 4.69) is 9.80 Å². The molecule has 0 spiro atoms. The second-order valence-electron chi connectivity index (χ2n) is 9.91. The van der Waals surface area contributed by atoms with Crippen molar-refractivity contribution in [1.29, 1.82) is 0 Å². The largest absolute Gasteiger partial charge is 0.301 e. The SMILES string of the molecule is O=S(=O)(O)CCCCCCCCCCN1CCN(CCCCCCCCCCS(=O)(=O)O)CC1. The lowest BCUT2D eigenvalue weighted by Gasteiger charge is -2.34. The number of rotatable bonds is 22. The summed E-state index contributed by atoms with van der Waals surface area (Å²) < 4.78 is 60.0. The first-order chi connectivity index (χ1) is 16.2. The number of piperazine rings is 1. The zero-order valence-corrected chi connectivity index (χ0v) is 22.8. The van der Waals surface area contributed by atoms with Crippen LogP contribution in [0.25, 0.3) is 0 Å². The summed E-state index contributed by atoms with van der Waals surface area (Å²) in [6, 6.07) is 0. The van der Waals surface area contributed by atoms with Crippen molar-refractivity contribution >= 4 is 20.2 Å². The van der Waals surface area contributed by atoms with Crippen LogP contribution in [0.2, 0.25) is 0 Å². The molecule has 1 fully saturated rings. The van der Waals surface area contributed by atoms with E-state index in [4.69, 9.17) is 9.11 Å². The van der Waals surface area contributed by atoms with Gasteiger partial charge in [0.25, 0.3) is 20.2 Å². The normalized spacial score (nSPS) is 16.3. The molecule has 1 saturated heterocycles. The van der Waals surface area contributed by atoms with Crippen LogP contribution in [0, 0.1) is 0 Å². The summed E-state index contributed by atoms with van der Waals surface area (Å²) in [4.78, 5) is 5.18. The highest BCUT2D eigenvalue weighted by atomic mass is 32.2. The van der Waals surface area contributed by atoms with Crippen molar-refractivity contribution in [2.24, 2.45) is 0 Å². The Kier molecular flexibility index (Phi) is 17.7. The van der Waals surface area contributed by atoms with Crippen molar-refractivity contribution in [2.45, 2.75) is 103 Å². The summed E-state index contributed by atoms with van der Waals surface area (Å²) in [5, 5.41) is 0. The lowest BCUT2D eigenvalue weighted by atomic mass is 10.1. The van der Waals surface area contributed by atoms with E-state index in [0.717, 1.165) is 38.5 Å². The van der Waals surface area contributed by atoms with Crippen molar-refractivity contribution < 1.29 is 25.9 Å². The molecule has 0 radical (unpaired) electrons. The fourth-order valence-electron chi connectivity index (χ4n) is 4.60. The van der Waals surface area contributed by atoms with E-state index in [1.54, 1.807) is 0 Å². The van der Waals surface area contributed by atoms with E-state index in [9.17, 15) is 16.8 Å². The maximum atomic E-state index is 10.7. The highest BCUT2D eigenvalue weighted by molar-refractivity contribution is 7.86. The third kappa shape index (κ3) is 21.1. The zero-order valence-electron chi connectivity index (χ0n) is 21.2. The molecule has 0 aromatic rings. The Labute approximate surface area is 209 Å². The average Bonchev–Trinajstić information content (AvgIpc) is 2.75. The molecular formula is C24H50N2O6S2. The Morgan fingerprint density at radius 3 is 0.912 bits per heavy atom. The Morgan fingerprint density at radius 1 is 0.412 bits per heavy atom. The van der Waals surface area contributed by atoms with Crippen molar-refractivity contribution in [3.8, 4) is 0 Å². The fraction of sp³-hybridized carbons (Fsp3) is 1.00. The maximum Gasteiger partial charge on any atom is 0.264 e. The van der Waals surface area contributed by atoms with E-state index in [1.807, 2.05) is 0 Å². The molecule has 0 aromatic carbocycles. The van der Waals surface area contributed by atoms with Crippen LogP contribution in [0.1, 0.15) is 103 Å². The molecule has 0 amide bonds. The molecule has 1 rings (SSSR count). The molecule has 1 heterocycles. The summed E-state index contributed by atoms with van der Waals surface area (Å²) in [5.74, 6) is -0.210. The van der Waals surface area contributed by atoms with Crippen LogP contribution in [-0.2, 0) is 20.2 Å². The van der Waals surface area contributed by atoms with Crippen LogP contribution in [0.4, 0.5) is 0 Å². The van der Waals surface area contributed by atoms with Gasteiger partial charge in [-0.1, -0.05) is 77.0 Å². The molecule has 0 aromatic heterocycles. The number of hydrogen-bond donors (Lipinski definition) is 2. The molecule has 0 unspecified atom stereocenters. The summed E-state index contributed by atoms with van der Waals surface area (Å²) in [7, 11) is -7.57. The molecule has 0 aliphatic carbocycles. The van der Waals surface area contributed by atoms with E-state index < -0.39 is 20.2 Å². The Hall–Kier alpha value is -0.260. The van der Waals surface area contributed by atoms with Gasteiger partial charge in [-0.05, 0) is 38.8 Å². The number of hydrogen-bond acceptors (Lipinski definition) is 6. The molecule has 8 nitrogen and oxygen atoms in total. The Morgan fingerprint density at radius 2 is 0.647 bits per heavy atom. The molecule has 1 aliphatic rings. The highest BCUT2D eigenvalue weighted by Crippen LogP contribution is 2.12. The van der Waals surface area contributed by atoms with Crippen LogP contribution >= 0.6 is 0 Å². The lowest BCUT2D eigenvalue weighted by Crippen LogP contribution is -2.46. The predicted molar refractivity (Wildman–Crippen MR) is 140 cm³/mol. The van der Waals surface area contributed by atoms with E-state index in [1.165, 1.54) is 90.6 Å². The van der Waals surface area contributed by atoms with Crippen molar-refractivity contribution in [3.63, 3.8) is 0 Å². The Balaban J connectivity index is 1.83. The monoisotopic (exact) mass is 526 g/mol. The quantitative estimate of drug-likeness (QED) is 0.155. The molecule has 0 atom stereocenters. The molecule has 204 valence electrons. The molecule has 0 bridgehead atoms. The summed E-state index contributed by atoms with van der Waals surface area (Å²) >= 11 is 0. The number of nitrogens with zero attached hydrogens (tertiary/aromatic N) is 2.